The lowest BCUT2D eigenvalue weighted by atomic mass is 10.0. The van der Waals surface area contributed by atoms with Gasteiger partial charge in [0.05, 0.1) is 6.61 Å². The van der Waals surface area contributed by atoms with Crippen LogP contribution in [0.25, 0.3) is 11.6 Å². The summed E-state index contributed by atoms with van der Waals surface area (Å²) in [5.74, 6) is -1.05. The predicted octanol–water partition coefficient (Wildman–Crippen LogP) is 2.31. The number of carbonyl (C=O) groups excluding carboxylic acids is 1. The molecular weight excluding hydrogens is 323 g/mol. The summed E-state index contributed by atoms with van der Waals surface area (Å²) >= 11 is 0. The fourth-order valence-corrected chi connectivity index (χ4v) is 2.12. The number of rotatable bonds is 6. The molecule has 7 heteroatoms. The van der Waals surface area contributed by atoms with Gasteiger partial charge in [-0.25, -0.2) is 4.39 Å². The maximum atomic E-state index is 13.6. The molecule has 0 fully saturated rings. The number of hydrogen-bond donors (Lipinski definition) is 4. The van der Waals surface area contributed by atoms with Gasteiger partial charge in [0.15, 0.2) is 0 Å². The van der Waals surface area contributed by atoms with Crippen LogP contribution >= 0.6 is 0 Å². The van der Waals surface area contributed by atoms with Crippen LogP contribution in [-0.2, 0) is 11.4 Å². The van der Waals surface area contributed by atoms with E-state index in [1.54, 1.807) is 18.5 Å². The van der Waals surface area contributed by atoms with Crippen molar-refractivity contribution in [3.8, 4) is 0 Å². The second kappa shape index (κ2) is 8.51. The minimum atomic E-state index is -0.595. The quantitative estimate of drug-likeness (QED) is 0.477. The Kier molecular flexibility index (Phi) is 6.14. The summed E-state index contributed by atoms with van der Waals surface area (Å²) in [7, 11) is 0. The first kappa shape index (κ1) is 18.0. The van der Waals surface area contributed by atoms with Gasteiger partial charge in [0, 0.05) is 53.3 Å². The lowest BCUT2D eigenvalue weighted by Gasteiger charge is -2.06. The highest BCUT2D eigenvalue weighted by atomic mass is 19.1. The van der Waals surface area contributed by atoms with Crippen molar-refractivity contribution in [2.75, 3.05) is 5.32 Å². The molecule has 6 nitrogen and oxygen atoms in total. The molecule has 1 heterocycles. The molecule has 0 spiro atoms. The summed E-state index contributed by atoms with van der Waals surface area (Å²) in [6.45, 7) is -0.409. The van der Waals surface area contributed by atoms with E-state index in [4.69, 9.17) is 16.2 Å². The van der Waals surface area contributed by atoms with Gasteiger partial charge in [0.1, 0.15) is 5.82 Å². The molecule has 2 rings (SSSR count). The fourth-order valence-electron chi connectivity index (χ4n) is 2.12. The van der Waals surface area contributed by atoms with E-state index in [2.05, 4.69) is 10.3 Å². The number of nitrogens with one attached hydrogen (secondary N) is 2. The van der Waals surface area contributed by atoms with Crippen molar-refractivity contribution in [1.82, 2.24) is 4.98 Å². The molecule has 0 bridgehead atoms. The number of nitrogens with zero attached hydrogens (tertiary/aromatic N) is 1. The molecule has 128 valence electrons. The number of aromatic nitrogens is 1. The number of amides is 1. The second-order valence-corrected chi connectivity index (χ2v) is 5.02. The van der Waals surface area contributed by atoms with E-state index in [1.807, 2.05) is 0 Å². The molecule has 0 aliphatic carbocycles. The van der Waals surface area contributed by atoms with Crippen molar-refractivity contribution in [3.63, 3.8) is 0 Å². The standard InChI is InChI=1S/C18H17FN4O2/c19-17-7-15(3-1-13(17)11-24)23-18(25)4-2-12-10-22-6-5-16(12)14(8-20)9-21/h1-10,20,24H,11,21H2,(H,23,25)/b4-2+,14-9?,20-8?. The normalized spacial score (nSPS) is 11.5. The zero-order valence-corrected chi connectivity index (χ0v) is 13.2. The van der Waals surface area contributed by atoms with Gasteiger partial charge < -0.3 is 21.6 Å². The van der Waals surface area contributed by atoms with Gasteiger partial charge in [0.2, 0.25) is 5.91 Å². The summed E-state index contributed by atoms with van der Waals surface area (Å²) < 4.78 is 13.6. The van der Waals surface area contributed by atoms with Gasteiger partial charge >= 0.3 is 0 Å². The van der Waals surface area contributed by atoms with E-state index in [9.17, 15) is 9.18 Å². The number of pyridine rings is 1. The van der Waals surface area contributed by atoms with E-state index >= 15 is 0 Å². The molecule has 1 aromatic carbocycles. The zero-order chi connectivity index (χ0) is 18.2. The molecule has 0 unspecified atom stereocenters. The summed E-state index contributed by atoms with van der Waals surface area (Å²) in [4.78, 5) is 16.0. The van der Waals surface area contributed by atoms with Crippen LogP contribution in [0.1, 0.15) is 16.7 Å². The van der Waals surface area contributed by atoms with Crippen LogP contribution in [0.2, 0.25) is 0 Å². The van der Waals surface area contributed by atoms with E-state index in [0.29, 0.717) is 16.7 Å². The monoisotopic (exact) mass is 340 g/mol. The third-order valence-corrected chi connectivity index (χ3v) is 3.40. The third kappa shape index (κ3) is 4.58. The van der Waals surface area contributed by atoms with Crippen LogP contribution in [0.15, 0.2) is 48.9 Å². The van der Waals surface area contributed by atoms with Crippen LogP contribution in [0.4, 0.5) is 10.1 Å². The molecule has 0 aliphatic heterocycles. The van der Waals surface area contributed by atoms with E-state index in [0.717, 1.165) is 12.3 Å². The SMILES string of the molecule is N=CC(=CN)c1ccncc1/C=C/C(=O)Nc1ccc(CO)c(F)c1. The fraction of sp³-hybridized carbons (Fsp3) is 0.0556. The van der Waals surface area contributed by atoms with Gasteiger partial charge in [-0.05, 0) is 29.8 Å². The Morgan fingerprint density at radius 1 is 1.40 bits per heavy atom. The zero-order valence-electron chi connectivity index (χ0n) is 13.2. The number of carbonyl (C=O) groups is 1. The van der Waals surface area contributed by atoms with Gasteiger partial charge in [-0.15, -0.1) is 0 Å². The number of aliphatic hydroxyl groups is 1. The van der Waals surface area contributed by atoms with Crippen LogP contribution < -0.4 is 11.1 Å². The van der Waals surface area contributed by atoms with Gasteiger partial charge in [-0.2, -0.15) is 0 Å². The molecule has 0 saturated carbocycles. The first-order valence-corrected chi connectivity index (χ1v) is 7.34. The first-order valence-electron chi connectivity index (χ1n) is 7.34. The molecule has 1 amide bonds. The molecule has 0 radical (unpaired) electrons. The first-order chi connectivity index (χ1) is 12.1. The Labute approximate surface area is 144 Å². The number of halogens is 1. The molecular formula is C18H17FN4O2. The number of benzene rings is 1. The number of anilines is 1. The van der Waals surface area contributed by atoms with Crippen molar-refractivity contribution in [1.29, 1.82) is 5.41 Å². The van der Waals surface area contributed by atoms with Gasteiger partial charge in [-0.1, -0.05) is 6.07 Å². The van der Waals surface area contributed by atoms with E-state index in [1.165, 1.54) is 30.5 Å². The Balaban J connectivity index is 2.16. The molecule has 0 saturated heterocycles. The van der Waals surface area contributed by atoms with Crippen LogP contribution in [0.5, 0.6) is 0 Å². The maximum Gasteiger partial charge on any atom is 0.248 e. The minimum Gasteiger partial charge on any atom is -0.404 e. The topological polar surface area (TPSA) is 112 Å². The summed E-state index contributed by atoms with van der Waals surface area (Å²) in [5.41, 5.74) is 7.68. The Morgan fingerprint density at radius 2 is 2.20 bits per heavy atom. The van der Waals surface area contributed by atoms with Crippen molar-refractivity contribution < 1.29 is 14.3 Å². The number of hydrogen-bond acceptors (Lipinski definition) is 5. The van der Waals surface area contributed by atoms with Crippen molar-refractivity contribution in [3.05, 3.63) is 71.4 Å². The number of nitrogens with two attached hydrogens (primary N) is 1. The summed E-state index contributed by atoms with van der Waals surface area (Å²) in [5, 5.41) is 18.8. The van der Waals surface area contributed by atoms with Gasteiger partial charge in [0.25, 0.3) is 0 Å². The highest BCUT2D eigenvalue weighted by Crippen LogP contribution is 2.18. The molecule has 25 heavy (non-hydrogen) atoms. The molecule has 0 aliphatic rings. The third-order valence-electron chi connectivity index (χ3n) is 3.40. The maximum absolute atomic E-state index is 13.6. The van der Waals surface area contributed by atoms with Crippen molar-refractivity contribution in [2.24, 2.45) is 5.73 Å². The highest BCUT2D eigenvalue weighted by molar-refractivity contribution is 6.10. The van der Waals surface area contributed by atoms with Crippen molar-refractivity contribution >= 4 is 29.5 Å². The second-order valence-electron chi connectivity index (χ2n) is 5.02. The van der Waals surface area contributed by atoms with E-state index < -0.39 is 18.3 Å². The molecule has 1 aromatic heterocycles. The largest absolute Gasteiger partial charge is 0.404 e. The summed E-state index contributed by atoms with van der Waals surface area (Å²) in [6.07, 6.45) is 8.32. The van der Waals surface area contributed by atoms with Gasteiger partial charge in [-0.3, -0.25) is 9.78 Å². The summed E-state index contributed by atoms with van der Waals surface area (Å²) in [6, 6.07) is 5.72. The van der Waals surface area contributed by atoms with Crippen LogP contribution in [0, 0.1) is 11.2 Å². The smallest absolute Gasteiger partial charge is 0.248 e. The van der Waals surface area contributed by atoms with Crippen LogP contribution in [-0.4, -0.2) is 22.2 Å². The van der Waals surface area contributed by atoms with Crippen molar-refractivity contribution in [2.45, 2.75) is 6.61 Å². The minimum absolute atomic E-state index is 0.154. The molecule has 2 aromatic rings. The molecule has 0 atom stereocenters. The lowest BCUT2D eigenvalue weighted by molar-refractivity contribution is -0.111. The highest BCUT2D eigenvalue weighted by Gasteiger charge is 2.06. The molecule has 5 N–H and O–H groups in total. The van der Waals surface area contributed by atoms with E-state index in [-0.39, 0.29) is 11.3 Å². The Morgan fingerprint density at radius 3 is 2.84 bits per heavy atom. The average Bonchev–Trinajstić information content (AvgIpc) is 2.62. The lowest BCUT2D eigenvalue weighted by Crippen LogP contribution is -2.08. The Bertz CT molecular complexity index is 847. The predicted molar refractivity (Wildman–Crippen MR) is 95.2 cm³/mol. The Hall–Kier alpha value is -3.32. The average molecular weight is 340 g/mol. The number of allylic oxidation sites excluding steroid dienone is 1. The number of aliphatic hydroxyl groups excluding tert-OH is 1. The van der Waals surface area contributed by atoms with Crippen LogP contribution in [0.3, 0.4) is 0 Å².